The molecule has 1 unspecified atom stereocenters. The summed E-state index contributed by atoms with van der Waals surface area (Å²) in [5, 5.41) is 10.6. The van der Waals surface area contributed by atoms with E-state index in [2.05, 4.69) is 15.8 Å². The Morgan fingerprint density at radius 2 is 1.83 bits per heavy atom. The molecule has 158 valence electrons. The summed E-state index contributed by atoms with van der Waals surface area (Å²) in [5.74, 6) is -0.522. The van der Waals surface area contributed by atoms with Crippen molar-refractivity contribution in [2.75, 3.05) is 13.1 Å². The van der Waals surface area contributed by atoms with Gasteiger partial charge in [0.25, 0.3) is 5.91 Å². The second-order valence-electron chi connectivity index (χ2n) is 7.36. The van der Waals surface area contributed by atoms with Crippen LogP contribution in [-0.4, -0.2) is 30.6 Å². The fraction of sp³-hybridized carbons (Fsp3) is 0.318. The number of aryl methyl sites for hydroxylation is 1. The van der Waals surface area contributed by atoms with Crippen molar-refractivity contribution >= 4 is 40.7 Å². The third-order valence-corrected chi connectivity index (χ3v) is 5.36. The van der Waals surface area contributed by atoms with Gasteiger partial charge in [0.05, 0.1) is 12.3 Å². The number of likely N-dealkylation sites (N-methyl/N-ethyl adjacent to an activating group) is 1. The number of hydrogen-bond donors (Lipinski definition) is 2. The molecule has 2 amide bonds. The van der Waals surface area contributed by atoms with Crippen LogP contribution in [0.4, 0.5) is 0 Å². The Bertz CT molecular complexity index is 1000. The number of carbonyl (C=O) groups is 2. The minimum absolute atomic E-state index is 0.0606. The molecule has 0 saturated carbocycles. The molecule has 3 rings (SSSR count). The van der Waals surface area contributed by atoms with E-state index < -0.39 is 5.60 Å². The highest BCUT2D eigenvalue weighted by Gasteiger charge is 2.37. The van der Waals surface area contributed by atoms with Crippen LogP contribution in [0.15, 0.2) is 41.6 Å². The molecule has 1 heterocycles. The average molecular weight is 448 g/mol. The van der Waals surface area contributed by atoms with Gasteiger partial charge in [-0.15, -0.1) is 0 Å². The molecular weight excluding hydrogens is 425 g/mol. The lowest BCUT2D eigenvalue weighted by atomic mass is 9.88. The molecule has 0 fully saturated rings. The highest BCUT2D eigenvalue weighted by Crippen LogP contribution is 2.38. The van der Waals surface area contributed by atoms with Gasteiger partial charge in [-0.05, 0) is 62.2 Å². The molecule has 0 bridgehead atoms. The van der Waals surface area contributed by atoms with Gasteiger partial charge in [0.1, 0.15) is 0 Å². The van der Waals surface area contributed by atoms with Gasteiger partial charge in [0, 0.05) is 34.1 Å². The second-order valence-corrected chi connectivity index (χ2v) is 8.23. The van der Waals surface area contributed by atoms with Crippen LogP contribution in [0.2, 0.25) is 10.0 Å². The molecule has 0 aromatic heterocycles. The van der Waals surface area contributed by atoms with Crippen molar-refractivity contribution in [1.82, 2.24) is 10.6 Å². The number of halogens is 2. The van der Waals surface area contributed by atoms with Crippen LogP contribution in [0.1, 0.15) is 47.3 Å². The third-order valence-electron chi connectivity index (χ3n) is 4.92. The summed E-state index contributed by atoms with van der Waals surface area (Å²) in [6.45, 7) is 6.06. The van der Waals surface area contributed by atoms with Gasteiger partial charge >= 0.3 is 0 Å². The van der Waals surface area contributed by atoms with Crippen LogP contribution in [0.3, 0.4) is 0 Å². The lowest BCUT2D eigenvalue weighted by Gasteiger charge is -2.22. The molecule has 1 atom stereocenters. The van der Waals surface area contributed by atoms with Crippen molar-refractivity contribution < 1.29 is 14.4 Å². The zero-order valence-corrected chi connectivity index (χ0v) is 18.5. The van der Waals surface area contributed by atoms with Gasteiger partial charge in [0.15, 0.2) is 5.60 Å². The molecule has 0 radical (unpaired) electrons. The Labute approximate surface area is 185 Å². The van der Waals surface area contributed by atoms with E-state index in [1.165, 1.54) is 0 Å². The topological polar surface area (TPSA) is 79.8 Å². The first-order valence-electron chi connectivity index (χ1n) is 9.59. The van der Waals surface area contributed by atoms with E-state index in [-0.39, 0.29) is 18.4 Å². The van der Waals surface area contributed by atoms with Gasteiger partial charge < -0.3 is 15.5 Å². The number of rotatable bonds is 6. The molecule has 0 aliphatic carbocycles. The van der Waals surface area contributed by atoms with E-state index in [1.807, 2.05) is 45.0 Å². The van der Waals surface area contributed by atoms with Crippen LogP contribution >= 0.6 is 23.2 Å². The molecule has 2 N–H and O–H groups in total. The maximum Gasteiger partial charge on any atom is 0.251 e. The standard InChI is InChI=1S/C22H23Cl2N3O3/c1-4-25-20(28)12-26-21(29)18-6-5-14(7-13(18)2)19-11-22(3,30-27-19)15-8-16(23)10-17(24)9-15/h5-10H,4,11-12H2,1-3H3,(H,25,28)(H,26,29). The highest BCUT2D eigenvalue weighted by atomic mass is 35.5. The van der Waals surface area contributed by atoms with Gasteiger partial charge in [0.2, 0.25) is 5.91 Å². The van der Waals surface area contributed by atoms with Crippen LogP contribution in [-0.2, 0) is 15.2 Å². The summed E-state index contributed by atoms with van der Waals surface area (Å²) in [6, 6.07) is 10.8. The fourth-order valence-corrected chi connectivity index (χ4v) is 3.85. The number of nitrogens with zero attached hydrogens (tertiary/aromatic N) is 1. The SMILES string of the molecule is CCNC(=O)CNC(=O)c1ccc(C2=NOC(C)(c3cc(Cl)cc(Cl)c3)C2)cc1C. The van der Waals surface area contributed by atoms with Crippen LogP contribution < -0.4 is 10.6 Å². The number of benzene rings is 2. The quantitative estimate of drug-likeness (QED) is 0.695. The number of carbonyl (C=O) groups excluding carboxylic acids is 2. The van der Waals surface area contributed by atoms with Crippen LogP contribution in [0.25, 0.3) is 0 Å². The highest BCUT2D eigenvalue weighted by molar-refractivity contribution is 6.34. The number of oxime groups is 1. The third kappa shape index (κ3) is 4.94. The van der Waals surface area contributed by atoms with E-state index in [0.29, 0.717) is 28.6 Å². The lowest BCUT2D eigenvalue weighted by Crippen LogP contribution is -2.37. The molecule has 1 aliphatic heterocycles. The first kappa shape index (κ1) is 22.1. The Morgan fingerprint density at radius 1 is 1.13 bits per heavy atom. The van der Waals surface area contributed by atoms with Crippen molar-refractivity contribution in [3.8, 4) is 0 Å². The van der Waals surface area contributed by atoms with Crippen molar-refractivity contribution in [2.45, 2.75) is 32.8 Å². The molecule has 2 aromatic rings. The van der Waals surface area contributed by atoms with E-state index in [0.717, 1.165) is 22.4 Å². The first-order chi connectivity index (χ1) is 14.2. The summed E-state index contributed by atoms with van der Waals surface area (Å²) in [7, 11) is 0. The average Bonchev–Trinajstić information content (AvgIpc) is 3.09. The minimum Gasteiger partial charge on any atom is -0.384 e. The van der Waals surface area contributed by atoms with Crippen molar-refractivity contribution in [3.63, 3.8) is 0 Å². The Balaban J connectivity index is 1.72. The van der Waals surface area contributed by atoms with Gasteiger partial charge in [-0.3, -0.25) is 9.59 Å². The molecule has 0 spiro atoms. The van der Waals surface area contributed by atoms with Crippen molar-refractivity contribution in [2.24, 2.45) is 5.16 Å². The number of hydrogen-bond acceptors (Lipinski definition) is 4. The Hall–Kier alpha value is -2.57. The van der Waals surface area contributed by atoms with Crippen LogP contribution in [0.5, 0.6) is 0 Å². The van der Waals surface area contributed by atoms with Gasteiger partial charge in [-0.2, -0.15) is 0 Å². The molecule has 6 nitrogen and oxygen atoms in total. The summed E-state index contributed by atoms with van der Waals surface area (Å²) < 4.78 is 0. The van der Waals surface area contributed by atoms with E-state index in [9.17, 15) is 9.59 Å². The number of amides is 2. The minimum atomic E-state index is -0.680. The van der Waals surface area contributed by atoms with Crippen molar-refractivity contribution in [1.29, 1.82) is 0 Å². The Morgan fingerprint density at radius 3 is 2.47 bits per heavy atom. The second kappa shape index (κ2) is 9.06. The lowest BCUT2D eigenvalue weighted by molar-refractivity contribution is -0.120. The smallest absolute Gasteiger partial charge is 0.251 e. The zero-order valence-electron chi connectivity index (χ0n) is 17.0. The summed E-state index contributed by atoms with van der Waals surface area (Å²) in [5.41, 5.74) is 3.09. The molecule has 8 heteroatoms. The largest absolute Gasteiger partial charge is 0.384 e. The molecular formula is C22H23Cl2N3O3. The predicted molar refractivity (Wildman–Crippen MR) is 118 cm³/mol. The van der Waals surface area contributed by atoms with E-state index >= 15 is 0 Å². The van der Waals surface area contributed by atoms with E-state index in [4.69, 9.17) is 28.0 Å². The molecule has 0 saturated heterocycles. The predicted octanol–water partition coefficient (Wildman–Crippen LogP) is 4.21. The van der Waals surface area contributed by atoms with Gasteiger partial charge in [-0.1, -0.05) is 34.4 Å². The van der Waals surface area contributed by atoms with Crippen LogP contribution in [0, 0.1) is 6.92 Å². The molecule has 2 aromatic carbocycles. The fourth-order valence-electron chi connectivity index (χ4n) is 3.32. The maximum atomic E-state index is 12.4. The summed E-state index contributed by atoms with van der Waals surface area (Å²) >= 11 is 12.3. The normalized spacial score (nSPS) is 17.8. The van der Waals surface area contributed by atoms with E-state index in [1.54, 1.807) is 12.1 Å². The Kier molecular flexibility index (Phi) is 6.68. The molecule has 30 heavy (non-hydrogen) atoms. The monoisotopic (exact) mass is 447 g/mol. The maximum absolute atomic E-state index is 12.4. The zero-order chi connectivity index (χ0) is 21.9. The van der Waals surface area contributed by atoms with Crippen molar-refractivity contribution in [3.05, 3.63) is 68.7 Å². The number of nitrogens with one attached hydrogen (secondary N) is 2. The first-order valence-corrected chi connectivity index (χ1v) is 10.3. The molecule has 1 aliphatic rings. The van der Waals surface area contributed by atoms with Gasteiger partial charge in [-0.25, -0.2) is 0 Å². The summed E-state index contributed by atoms with van der Waals surface area (Å²) in [6.07, 6.45) is 0.534. The summed E-state index contributed by atoms with van der Waals surface area (Å²) in [4.78, 5) is 29.7.